The molecule has 1 aromatic rings. The lowest BCUT2D eigenvalue weighted by atomic mass is 10.1. The molecule has 0 saturated carbocycles. The van der Waals surface area contributed by atoms with Crippen molar-refractivity contribution in [2.45, 2.75) is 48.9 Å². The molecule has 2 amide bonds. The molecule has 2 atom stereocenters. The fourth-order valence-electron chi connectivity index (χ4n) is 3.31. The molecule has 2 saturated heterocycles. The van der Waals surface area contributed by atoms with E-state index in [9.17, 15) is 9.59 Å². The van der Waals surface area contributed by atoms with E-state index < -0.39 is 0 Å². The number of pyridine rings is 1. The maximum absolute atomic E-state index is 12.7. The number of aromatic nitrogens is 1. The monoisotopic (exact) mass is 362 g/mol. The Labute approximate surface area is 153 Å². The van der Waals surface area contributed by atoms with E-state index in [0.29, 0.717) is 10.6 Å². The van der Waals surface area contributed by atoms with Gasteiger partial charge in [0.25, 0.3) is 5.91 Å². The Hall–Kier alpha value is -1.60. The molecule has 25 heavy (non-hydrogen) atoms. The maximum Gasteiger partial charge on any atom is 0.254 e. The first-order valence-corrected chi connectivity index (χ1v) is 9.95. The minimum absolute atomic E-state index is 0.106. The molecule has 2 unspecified atom stereocenters. The Kier molecular flexibility index (Phi) is 6.31. The lowest BCUT2D eigenvalue weighted by molar-refractivity contribution is -0.129. The first kappa shape index (κ1) is 18.2. The average Bonchev–Trinajstić information content (AvgIpc) is 3.17. The summed E-state index contributed by atoms with van der Waals surface area (Å²) < 4.78 is 0. The van der Waals surface area contributed by atoms with E-state index in [-0.39, 0.29) is 23.1 Å². The largest absolute Gasteiger partial charge is 0.348 e. The van der Waals surface area contributed by atoms with Gasteiger partial charge < -0.3 is 15.5 Å². The second-order valence-electron chi connectivity index (χ2n) is 6.67. The lowest BCUT2D eigenvalue weighted by Gasteiger charge is -2.24. The highest BCUT2D eigenvalue weighted by Crippen LogP contribution is 2.27. The Morgan fingerprint density at radius 2 is 2.16 bits per heavy atom. The third kappa shape index (κ3) is 4.73. The van der Waals surface area contributed by atoms with Crippen molar-refractivity contribution >= 4 is 23.6 Å². The Morgan fingerprint density at radius 1 is 1.36 bits per heavy atom. The van der Waals surface area contributed by atoms with Crippen molar-refractivity contribution in [1.29, 1.82) is 0 Å². The van der Waals surface area contributed by atoms with Gasteiger partial charge in [-0.3, -0.25) is 9.59 Å². The van der Waals surface area contributed by atoms with E-state index in [1.807, 2.05) is 11.8 Å². The Bertz CT molecular complexity index is 613. The molecule has 3 heterocycles. The Balaban J connectivity index is 1.65. The molecule has 2 aliphatic rings. The fourth-order valence-corrected chi connectivity index (χ4v) is 4.30. The van der Waals surface area contributed by atoms with E-state index >= 15 is 0 Å². The molecule has 6 nitrogen and oxygen atoms in total. The number of nitrogens with zero attached hydrogens (tertiary/aromatic N) is 2. The third-order valence-electron chi connectivity index (χ3n) is 4.70. The van der Waals surface area contributed by atoms with Gasteiger partial charge in [-0.25, -0.2) is 4.98 Å². The zero-order valence-corrected chi connectivity index (χ0v) is 15.5. The van der Waals surface area contributed by atoms with Crippen molar-refractivity contribution in [1.82, 2.24) is 20.5 Å². The van der Waals surface area contributed by atoms with Gasteiger partial charge in [-0.1, -0.05) is 11.8 Å². The summed E-state index contributed by atoms with van der Waals surface area (Å²) in [4.78, 5) is 31.4. The van der Waals surface area contributed by atoms with Crippen LogP contribution in [0.2, 0.25) is 0 Å². The zero-order valence-electron chi connectivity index (χ0n) is 14.7. The molecule has 0 spiro atoms. The number of amides is 2. The molecule has 3 rings (SSSR count). The fraction of sp³-hybridized carbons (Fsp3) is 0.611. The molecule has 0 bridgehead atoms. The van der Waals surface area contributed by atoms with E-state index in [2.05, 4.69) is 15.6 Å². The van der Waals surface area contributed by atoms with Gasteiger partial charge in [0.15, 0.2) is 0 Å². The summed E-state index contributed by atoms with van der Waals surface area (Å²) in [6, 6.07) is 3.71. The second kappa shape index (κ2) is 8.67. The van der Waals surface area contributed by atoms with E-state index in [1.54, 1.807) is 18.3 Å². The summed E-state index contributed by atoms with van der Waals surface area (Å²) in [7, 11) is 0. The number of carbonyl (C=O) groups is 2. The molecule has 2 N–H and O–H groups in total. The normalized spacial score (nSPS) is 21.8. The molecular formula is C18H26N4O2S. The molecule has 0 aromatic carbocycles. The summed E-state index contributed by atoms with van der Waals surface area (Å²) >= 11 is 1.38. The highest BCUT2D eigenvalue weighted by molar-refractivity contribution is 8.00. The van der Waals surface area contributed by atoms with Crippen LogP contribution in [-0.4, -0.2) is 59.2 Å². The van der Waals surface area contributed by atoms with Gasteiger partial charge in [-0.2, -0.15) is 0 Å². The van der Waals surface area contributed by atoms with Crippen LogP contribution >= 0.6 is 11.8 Å². The minimum Gasteiger partial charge on any atom is -0.348 e. The summed E-state index contributed by atoms with van der Waals surface area (Å²) in [5.41, 5.74) is 0.555. The predicted octanol–water partition coefficient (Wildman–Crippen LogP) is 1.67. The number of hydrogen-bond acceptors (Lipinski definition) is 5. The molecule has 0 radical (unpaired) electrons. The van der Waals surface area contributed by atoms with Gasteiger partial charge in [-0.15, -0.1) is 0 Å². The van der Waals surface area contributed by atoms with Crippen LogP contribution in [-0.2, 0) is 4.79 Å². The molecule has 1 aromatic heterocycles. The first-order chi connectivity index (χ1) is 12.1. The van der Waals surface area contributed by atoms with E-state index in [1.165, 1.54) is 11.8 Å². The SMILES string of the molecule is CC(Sc1ncccc1C(=O)NC1CCCNC1)C(=O)N1CCCC1. The first-order valence-electron chi connectivity index (χ1n) is 9.07. The molecule has 7 heteroatoms. The minimum atomic E-state index is -0.240. The van der Waals surface area contributed by atoms with Crippen molar-refractivity contribution in [3.05, 3.63) is 23.9 Å². The number of nitrogens with one attached hydrogen (secondary N) is 2. The van der Waals surface area contributed by atoms with Crippen LogP contribution in [0, 0.1) is 0 Å². The highest BCUT2D eigenvalue weighted by Gasteiger charge is 2.26. The number of likely N-dealkylation sites (tertiary alicyclic amines) is 1. The van der Waals surface area contributed by atoms with Crippen LogP contribution in [0.5, 0.6) is 0 Å². The van der Waals surface area contributed by atoms with Crippen LogP contribution in [0.25, 0.3) is 0 Å². The summed E-state index contributed by atoms with van der Waals surface area (Å²) in [6.45, 7) is 5.39. The highest BCUT2D eigenvalue weighted by atomic mass is 32.2. The molecule has 2 fully saturated rings. The summed E-state index contributed by atoms with van der Waals surface area (Å²) in [5.74, 6) is 0.0288. The molecule has 0 aliphatic carbocycles. The topological polar surface area (TPSA) is 74.3 Å². The Morgan fingerprint density at radius 3 is 2.88 bits per heavy atom. The van der Waals surface area contributed by atoms with E-state index in [4.69, 9.17) is 0 Å². The molecule has 136 valence electrons. The standard InChI is InChI=1S/C18H26N4O2S/c1-13(18(24)22-10-2-3-11-22)25-17-15(7-5-9-20-17)16(23)21-14-6-4-8-19-12-14/h5,7,9,13-14,19H,2-4,6,8,10-12H2,1H3,(H,21,23). The maximum atomic E-state index is 12.7. The van der Waals surface area contributed by atoms with Gasteiger partial charge in [0.05, 0.1) is 10.8 Å². The predicted molar refractivity (Wildman–Crippen MR) is 98.7 cm³/mol. The number of hydrogen-bond donors (Lipinski definition) is 2. The summed E-state index contributed by atoms with van der Waals surface area (Å²) in [6.07, 6.45) is 5.90. The average molecular weight is 362 g/mol. The second-order valence-corrected chi connectivity index (χ2v) is 7.99. The van der Waals surface area contributed by atoms with Crippen molar-refractivity contribution in [2.24, 2.45) is 0 Å². The molecule has 2 aliphatic heterocycles. The number of rotatable bonds is 5. The van der Waals surface area contributed by atoms with Crippen LogP contribution in [0.1, 0.15) is 43.0 Å². The van der Waals surface area contributed by atoms with Gasteiger partial charge in [-0.05, 0) is 51.3 Å². The van der Waals surface area contributed by atoms with Crippen LogP contribution in [0.3, 0.4) is 0 Å². The van der Waals surface area contributed by atoms with Crippen molar-refractivity contribution < 1.29 is 9.59 Å². The number of thioether (sulfide) groups is 1. The zero-order chi connectivity index (χ0) is 17.6. The van der Waals surface area contributed by atoms with Gasteiger partial charge >= 0.3 is 0 Å². The summed E-state index contributed by atoms with van der Waals surface area (Å²) in [5, 5.41) is 6.77. The third-order valence-corrected chi connectivity index (χ3v) is 5.81. The van der Waals surface area contributed by atoms with Crippen molar-refractivity contribution in [3.8, 4) is 0 Å². The quantitative estimate of drug-likeness (QED) is 0.780. The van der Waals surface area contributed by atoms with Gasteiger partial charge in [0.2, 0.25) is 5.91 Å². The van der Waals surface area contributed by atoms with Crippen molar-refractivity contribution in [3.63, 3.8) is 0 Å². The van der Waals surface area contributed by atoms with Gasteiger partial charge in [0, 0.05) is 31.9 Å². The number of piperidine rings is 1. The lowest BCUT2D eigenvalue weighted by Crippen LogP contribution is -2.45. The van der Waals surface area contributed by atoms with Crippen LogP contribution < -0.4 is 10.6 Å². The van der Waals surface area contributed by atoms with Gasteiger partial charge in [0.1, 0.15) is 5.03 Å². The van der Waals surface area contributed by atoms with Crippen LogP contribution in [0.4, 0.5) is 0 Å². The van der Waals surface area contributed by atoms with Crippen LogP contribution in [0.15, 0.2) is 23.4 Å². The smallest absolute Gasteiger partial charge is 0.254 e. The van der Waals surface area contributed by atoms with E-state index in [0.717, 1.165) is 51.9 Å². The molecular weight excluding hydrogens is 336 g/mol. The van der Waals surface area contributed by atoms with Crippen molar-refractivity contribution in [2.75, 3.05) is 26.2 Å². The number of carbonyl (C=O) groups excluding carboxylic acids is 2.